The van der Waals surface area contributed by atoms with Gasteiger partial charge in [-0.05, 0) is 62.4 Å². The maximum Gasteiger partial charge on any atom is 0.0917 e. The molecule has 4 nitrogen and oxygen atoms in total. The number of aryl methyl sites for hydroxylation is 5. The molecule has 0 aliphatic heterocycles. The first-order chi connectivity index (χ1) is 15.5. The van der Waals surface area contributed by atoms with E-state index in [4.69, 9.17) is 15.1 Å². The van der Waals surface area contributed by atoms with Gasteiger partial charge in [0.25, 0.3) is 0 Å². The van der Waals surface area contributed by atoms with Gasteiger partial charge in [0.15, 0.2) is 0 Å². The smallest absolute Gasteiger partial charge is 0.0917 e. The normalized spacial score (nSPS) is 9.84. The fraction of sp³-hybridized carbons (Fsp3) is 0.571. The van der Waals surface area contributed by atoms with Crippen molar-refractivity contribution < 1.29 is 5.11 Å². The third-order valence-corrected chi connectivity index (χ3v) is 4.96. The van der Waals surface area contributed by atoms with Gasteiger partial charge in [-0.1, -0.05) is 61.3 Å². The maximum atomic E-state index is 7.00. The summed E-state index contributed by atoms with van der Waals surface area (Å²) in [5, 5.41) is 7.00. The first-order valence-corrected chi connectivity index (χ1v) is 12.5. The Morgan fingerprint density at radius 3 is 2.03 bits per heavy atom. The largest absolute Gasteiger partial charge is 0.400 e. The van der Waals surface area contributed by atoms with Crippen LogP contribution in [0.25, 0.3) is 22.3 Å². The van der Waals surface area contributed by atoms with Crippen molar-refractivity contribution in [3.63, 3.8) is 0 Å². The van der Waals surface area contributed by atoms with E-state index in [1.54, 1.807) is 0 Å². The van der Waals surface area contributed by atoms with Gasteiger partial charge in [0.2, 0.25) is 0 Å². The van der Waals surface area contributed by atoms with Crippen LogP contribution in [0.1, 0.15) is 90.7 Å². The number of hydrogen-bond acceptors (Lipinski definition) is 3. The topological polar surface area (TPSA) is 50.9 Å². The lowest BCUT2D eigenvalue weighted by Crippen LogP contribution is -2.02. The van der Waals surface area contributed by atoms with E-state index in [9.17, 15) is 0 Å². The SMILES string of the molecule is CC.CCC.CCCc1cc2c(nc1-c1ccc(CC)nc1CC)c(C)cn2CC.CO. The van der Waals surface area contributed by atoms with Crippen molar-refractivity contribution in [3.05, 3.63) is 46.9 Å². The van der Waals surface area contributed by atoms with Crippen molar-refractivity contribution >= 4 is 11.0 Å². The standard InChI is InChI=1S/C22H29N3.C3H8.C2H6.CH4O/c1-6-10-16-13-20-21(15(5)14-25(20)9-4)24-22(16)18-12-11-17(7-2)23-19(18)8-3;1-3-2;2*1-2/h11-14H,6-10H2,1-5H3;3H2,1-2H3;1-2H3;2H,1H3. The molecule has 180 valence electrons. The highest BCUT2D eigenvalue weighted by Gasteiger charge is 2.16. The zero-order valence-electron chi connectivity index (χ0n) is 22.3. The molecule has 3 aromatic rings. The summed E-state index contributed by atoms with van der Waals surface area (Å²) in [6.45, 7) is 20.1. The minimum absolute atomic E-state index is 0.934. The summed E-state index contributed by atoms with van der Waals surface area (Å²) in [5.74, 6) is 0. The Hall–Kier alpha value is -2.20. The van der Waals surface area contributed by atoms with Crippen LogP contribution in [0, 0.1) is 6.92 Å². The number of pyridine rings is 2. The average molecular weight is 442 g/mol. The lowest BCUT2D eigenvalue weighted by Gasteiger charge is -2.14. The number of aliphatic hydroxyl groups excluding tert-OH is 1. The molecule has 1 N–H and O–H groups in total. The molecule has 0 unspecified atom stereocenters. The predicted molar refractivity (Wildman–Crippen MR) is 142 cm³/mol. The molecule has 4 heteroatoms. The minimum atomic E-state index is 0.934. The van der Waals surface area contributed by atoms with Gasteiger partial charge >= 0.3 is 0 Å². The molecule has 3 heterocycles. The molecule has 0 radical (unpaired) electrons. The van der Waals surface area contributed by atoms with Gasteiger partial charge in [0, 0.05) is 36.8 Å². The number of fused-ring (bicyclic) bond motifs is 1. The second-order valence-electron chi connectivity index (χ2n) is 7.42. The van der Waals surface area contributed by atoms with E-state index < -0.39 is 0 Å². The summed E-state index contributed by atoms with van der Waals surface area (Å²) in [6, 6.07) is 6.73. The molecule has 0 atom stereocenters. The summed E-state index contributed by atoms with van der Waals surface area (Å²) in [4.78, 5) is 10.0. The monoisotopic (exact) mass is 441 g/mol. The van der Waals surface area contributed by atoms with E-state index in [1.165, 1.54) is 28.6 Å². The molecular formula is C28H47N3O. The Bertz CT molecular complexity index is 913. The zero-order chi connectivity index (χ0) is 24.7. The van der Waals surface area contributed by atoms with Crippen LogP contribution in [0.2, 0.25) is 0 Å². The van der Waals surface area contributed by atoms with Gasteiger partial charge in [-0.2, -0.15) is 0 Å². The van der Waals surface area contributed by atoms with Crippen molar-refractivity contribution in [2.24, 2.45) is 0 Å². The molecule has 32 heavy (non-hydrogen) atoms. The van der Waals surface area contributed by atoms with Gasteiger partial charge in [0.05, 0.1) is 16.7 Å². The zero-order valence-corrected chi connectivity index (χ0v) is 22.3. The van der Waals surface area contributed by atoms with Crippen LogP contribution < -0.4 is 0 Å². The molecule has 0 saturated carbocycles. The summed E-state index contributed by atoms with van der Waals surface area (Å²) in [5.41, 5.74) is 9.61. The summed E-state index contributed by atoms with van der Waals surface area (Å²) < 4.78 is 2.31. The van der Waals surface area contributed by atoms with Gasteiger partial charge < -0.3 is 9.67 Å². The van der Waals surface area contributed by atoms with Crippen molar-refractivity contribution in [1.29, 1.82) is 0 Å². The Kier molecular flexibility index (Phi) is 15.3. The van der Waals surface area contributed by atoms with Gasteiger partial charge in [-0.25, -0.2) is 4.98 Å². The van der Waals surface area contributed by atoms with Crippen LogP contribution in [0.5, 0.6) is 0 Å². The number of hydrogen-bond donors (Lipinski definition) is 1. The first kappa shape index (κ1) is 29.8. The Morgan fingerprint density at radius 2 is 1.53 bits per heavy atom. The molecule has 3 rings (SSSR count). The minimum Gasteiger partial charge on any atom is -0.400 e. The van der Waals surface area contributed by atoms with Gasteiger partial charge in [0.1, 0.15) is 0 Å². The highest BCUT2D eigenvalue weighted by Crippen LogP contribution is 2.31. The lowest BCUT2D eigenvalue weighted by molar-refractivity contribution is 0.399. The molecular weight excluding hydrogens is 394 g/mol. The number of rotatable bonds is 6. The quantitative estimate of drug-likeness (QED) is 0.429. The second kappa shape index (κ2) is 16.4. The van der Waals surface area contributed by atoms with E-state index in [1.807, 2.05) is 13.8 Å². The third-order valence-electron chi connectivity index (χ3n) is 4.96. The molecule has 0 bridgehead atoms. The van der Waals surface area contributed by atoms with Crippen molar-refractivity contribution in [3.8, 4) is 11.3 Å². The van der Waals surface area contributed by atoms with Gasteiger partial charge in [-0.3, -0.25) is 4.98 Å². The highest BCUT2D eigenvalue weighted by atomic mass is 16.2. The average Bonchev–Trinajstić information content (AvgIpc) is 3.16. The number of nitrogens with zero attached hydrogens (tertiary/aromatic N) is 3. The summed E-state index contributed by atoms with van der Waals surface area (Å²) in [6.07, 6.45) is 7.54. The van der Waals surface area contributed by atoms with Crippen LogP contribution >= 0.6 is 0 Å². The molecule has 0 aliphatic carbocycles. The lowest BCUT2D eigenvalue weighted by atomic mass is 9.98. The summed E-state index contributed by atoms with van der Waals surface area (Å²) >= 11 is 0. The van der Waals surface area contributed by atoms with Gasteiger partial charge in [-0.15, -0.1) is 0 Å². The van der Waals surface area contributed by atoms with Crippen LogP contribution in [-0.2, 0) is 25.8 Å². The fourth-order valence-corrected chi connectivity index (χ4v) is 3.60. The molecule has 0 saturated heterocycles. The highest BCUT2D eigenvalue weighted by molar-refractivity contribution is 5.84. The third kappa shape index (κ3) is 7.44. The predicted octanol–water partition coefficient (Wildman–Crippen LogP) is 7.55. The Morgan fingerprint density at radius 1 is 0.906 bits per heavy atom. The first-order valence-electron chi connectivity index (χ1n) is 12.5. The van der Waals surface area contributed by atoms with Crippen molar-refractivity contribution in [1.82, 2.24) is 14.5 Å². The molecule has 0 spiro atoms. The second-order valence-corrected chi connectivity index (χ2v) is 7.42. The molecule has 0 aromatic carbocycles. The van der Waals surface area contributed by atoms with Crippen LogP contribution in [0.3, 0.4) is 0 Å². The van der Waals surface area contributed by atoms with E-state index in [-0.39, 0.29) is 0 Å². The van der Waals surface area contributed by atoms with E-state index in [0.717, 1.165) is 61.9 Å². The molecule has 0 amide bonds. The fourth-order valence-electron chi connectivity index (χ4n) is 3.60. The number of aliphatic hydroxyl groups is 1. The van der Waals surface area contributed by atoms with E-state index in [0.29, 0.717) is 0 Å². The van der Waals surface area contributed by atoms with Crippen LogP contribution in [0.15, 0.2) is 24.4 Å². The van der Waals surface area contributed by atoms with E-state index >= 15 is 0 Å². The molecule has 0 aliphatic rings. The van der Waals surface area contributed by atoms with Crippen molar-refractivity contribution in [2.45, 2.75) is 101 Å². The van der Waals surface area contributed by atoms with Crippen molar-refractivity contribution in [2.75, 3.05) is 7.11 Å². The Balaban J connectivity index is 0.00000124. The summed E-state index contributed by atoms with van der Waals surface area (Å²) in [7, 11) is 1.00. The van der Waals surface area contributed by atoms with Crippen LogP contribution in [0.4, 0.5) is 0 Å². The molecule has 3 aromatic heterocycles. The number of aromatic nitrogens is 3. The van der Waals surface area contributed by atoms with E-state index in [2.05, 4.69) is 77.4 Å². The molecule has 0 fully saturated rings. The maximum absolute atomic E-state index is 7.00. The van der Waals surface area contributed by atoms with Crippen LogP contribution in [-0.4, -0.2) is 26.8 Å². The Labute approximate surface area is 197 Å².